The predicted molar refractivity (Wildman–Crippen MR) is 32.5 cm³/mol. The van der Waals surface area contributed by atoms with Crippen molar-refractivity contribution in [3.63, 3.8) is 0 Å². The minimum absolute atomic E-state index is 0.157. The van der Waals surface area contributed by atoms with Crippen LogP contribution in [0.1, 0.15) is 13.8 Å². The number of thioether (sulfide) groups is 1. The van der Waals surface area contributed by atoms with Crippen LogP contribution < -0.4 is 0 Å². The van der Waals surface area contributed by atoms with Gasteiger partial charge in [-0.2, -0.15) is 0 Å². The minimum atomic E-state index is 0.157. The van der Waals surface area contributed by atoms with E-state index in [1.54, 1.807) is 0 Å². The highest BCUT2D eigenvalue weighted by Gasteiger charge is 2.23. The zero-order valence-corrected chi connectivity index (χ0v) is 5.55. The molecule has 0 bridgehead atoms. The van der Waals surface area contributed by atoms with E-state index < -0.39 is 0 Å². The van der Waals surface area contributed by atoms with Crippen LogP contribution in [0.2, 0.25) is 0 Å². The fourth-order valence-corrected chi connectivity index (χ4v) is 1.59. The summed E-state index contributed by atoms with van der Waals surface area (Å²) >= 11 is 1.86. The van der Waals surface area contributed by atoms with Gasteiger partial charge in [0.05, 0.1) is 11.5 Å². The largest absolute Gasteiger partial charge is 0.364 e. The average Bonchev–Trinajstić information content (AvgIpc) is 1.84. The first-order valence-electron chi connectivity index (χ1n) is 2.42. The van der Waals surface area contributed by atoms with Crippen molar-refractivity contribution in [1.82, 2.24) is 0 Å². The van der Waals surface area contributed by atoms with E-state index >= 15 is 0 Å². The van der Waals surface area contributed by atoms with Crippen molar-refractivity contribution in [3.8, 4) is 0 Å². The van der Waals surface area contributed by atoms with Gasteiger partial charge in [0, 0.05) is 5.75 Å². The number of rotatable bonds is 0. The summed E-state index contributed by atoms with van der Waals surface area (Å²) in [4.78, 5) is 0. The van der Waals surface area contributed by atoms with Crippen LogP contribution >= 0.6 is 11.8 Å². The van der Waals surface area contributed by atoms with Crippen molar-refractivity contribution >= 4 is 11.8 Å². The maximum Gasteiger partial charge on any atom is 0.0929 e. The zero-order valence-electron chi connectivity index (χ0n) is 4.73. The summed E-state index contributed by atoms with van der Waals surface area (Å²) in [6.07, 6.45) is 0. The van der Waals surface area contributed by atoms with E-state index in [1.807, 2.05) is 11.8 Å². The van der Waals surface area contributed by atoms with Crippen LogP contribution in [0, 0.1) is 0 Å². The molecule has 0 aromatic carbocycles. The van der Waals surface area contributed by atoms with Gasteiger partial charge < -0.3 is 4.74 Å². The van der Waals surface area contributed by atoms with E-state index in [2.05, 4.69) is 13.8 Å². The van der Waals surface area contributed by atoms with Gasteiger partial charge in [-0.3, -0.25) is 0 Å². The highest BCUT2D eigenvalue weighted by Crippen LogP contribution is 2.25. The molecule has 0 radical (unpaired) electrons. The Morgan fingerprint density at radius 2 is 2.29 bits per heavy atom. The fraction of sp³-hybridized carbons (Fsp3) is 1.00. The van der Waals surface area contributed by atoms with Gasteiger partial charge in [-0.25, -0.2) is 0 Å². The molecule has 7 heavy (non-hydrogen) atoms. The lowest BCUT2D eigenvalue weighted by atomic mass is 10.2. The Morgan fingerprint density at radius 3 is 2.43 bits per heavy atom. The summed E-state index contributed by atoms with van der Waals surface area (Å²) in [5.74, 6) is 2.03. The lowest BCUT2D eigenvalue weighted by Crippen LogP contribution is -2.20. The Bertz CT molecular complexity index is 62.5. The van der Waals surface area contributed by atoms with Crippen molar-refractivity contribution in [2.75, 3.05) is 11.7 Å². The second-order valence-corrected chi connectivity index (χ2v) is 3.30. The van der Waals surface area contributed by atoms with Crippen molar-refractivity contribution in [2.24, 2.45) is 0 Å². The molecule has 1 saturated heterocycles. The molecule has 1 nitrogen and oxygen atoms in total. The molecule has 0 aromatic heterocycles. The Labute approximate surface area is 48.4 Å². The molecule has 1 aliphatic rings. The molecule has 1 aliphatic heterocycles. The van der Waals surface area contributed by atoms with Crippen LogP contribution in [0.5, 0.6) is 0 Å². The normalized spacial score (nSPS) is 28.3. The first-order valence-corrected chi connectivity index (χ1v) is 3.58. The van der Waals surface area contributed by atoms with E-state index in [-0.39, 0.29) is 5.60 Å². The second kappa shape index (κ2) is 1.67. The summed E-state index contributed by atoms with van der Waals surface area (Å²) in [5.41, 5.74) is 0.157. The first kappa shape index (κ1) is 5.45. The third kappa shape index (κ3) is 1.35. The van der Waals surface area contributed by atoms with E-state index in [1.165, 1.54) is 0 Å². The molecule has 2 heteroatoms. The SMILES string of the molecule is CC1(C)CSCO1. The summed E-state index contributed by atoms with van der Waals surface area (Å²) in [5, 5.41) is 0. The molecule has 0 aromatic rings. The smallest absolute Gasteiger partial charge is 0.0929 e. The van der Waals surface area contributed by atoms with Crippen LogP contribution in [0.3, 0.4) is 0 Å². The highest BCUT2D eigenvalue weighted by molar-refractivity contribution is 7.99. The van der Waals surface area contributed by atoms with E-state index in [0.717, 1.165) is 11.7 Å². The molecule has 0 saturated carbocycles. The van der Waals surface area contributed by atoms with Crippen LogP contribution in [0.25, 0.3) is 0 Å². The number of hydrogen-bond acceptors (Lipinski definition) is 2. The second-order valence-electron chi connectivity index (χ2n) is 2.37. The molecular formula is C5H10OS. The topological polar surface area (TPSA) is 9.23 Å². The van der Waals surface area contributed by atoms with Gasteiger partial charge in [0.15, 0.2) is 0 Å². The maximum absolute atomic E-state index is 5.30. The van der Waals surface area contributed by atoms with E-state index in [9.17, 15) is 0 Å². The summed E-state index contributed by atoms with van der Waals surface area (Å²) in [6, 6.07) is 0. The molecule has 1 fully saturated rings. The number of hydrogen-bond donors (Lipinski definition) is 0. The molecule has 0 unspecified atom stereocenters. The Kier molecular flexibility index (Phi) is 1.30. The predicted octanol–water partition coefficient (Wildman–Crippen LogP) is 1.49. The third-order valence-corrected chi connectivity index (χ3v) is 2.17. The monoisotopic (exact) mass is 118 g/mol. The van der Waals surface area contributed by atoms with Gasteiger partial charge in [-0.1, -0.05) is 0 Å². The van der Waals surface area contributed by atoms with Gasteiger partial charge in [0.1, 0.15) is 0 Å². The molecule has 1 rings (SSSR count). The Balaban J connectivity index is 2.40. The highest BCUT2D eigenvalue weighted by atomic mass is 32.2. The van der Waals surface area contributed by atoms with Gasteiger partial charge >= 0.3 is 0 Å². The van der Waals surface area contributed by atoms with Crippen LogP contribution in [0.15, 0.2) is 0 Å². The van der Waals surface area contributed by atoms with Gasteiger partial charge in [-0.15, -0.1) is 11.8 Å². The summed E-state index contributed by atoms with van der Waals surface area (Å²) < 4.78 is 5.30. The standard InChI is InChI=1S/C5H10OS/c1-5(2)3-7-4-6-5/h3-4H2,1-2H3. The number of ether oxygens (including phenoxy) is 1. The van der Waals surface area contributed by atoms with Gasteiger partial charge in [0.25, 0.3) is 0 Å². The van der Waals surface area contributed by atoms with Gasteiger partial charge in [-0.05, 0) is 13.8 Å². The third-order valence-electron chi connectivity index (χ3n) is 0.983. The Hall–Kier alpha value is 0.310. The molecular weight excluding hydrogens is 108 g/mol. The molecule has 0 aliphatic carbocycles. The van der Waals surface area contributed by atoms with Crippen LogP contribution in [-0.2, 0) is 4.74 Å². The van der Waals surface area contributed by atoms with Crippen LogP contribution in [0.4, 0.5) is 0 Å². The maximum atomic E-state index is 5.30. The van der Waals surface area contributed by atoms with Crippen molar-refractivity contribution in [3.05, 3.63) is 0 Å². The zero-order chi connectivity index (χ0) is 5.33. The van der Waals surface area contributed by atoms with Gasteiger partial charge in [0.2, 0.25) is 0 Å². The molecule has 1 heterocycles. The molecule has 0 amide bonds. The lowest BCUT2D eigenvalue weighted by Gasteiger charge is -2.13. The Morgan fingerprint density at radius 1 is 1.57 bits per heavy atom. The van der Waals surface area contributed by atoms with Crippen molar-refractivity contribution < 1.29 is 4.74 Å². The molecule has 0 spiro atoms. The molecule has 0 N–H and O–H groups in total. The summed E-state index contributed by atoms with van der Waals surface area (Å²) in [7, 11) is 0. The fourth-order valence-electron chi connectivity index (χ4n) is 0.530. The molecule has 0 atom stereocenters. The lowest BCUT2D eigenvalue weighted by molar-refractivity contribution is 0.0478. The van der Waals surface area contributed by atoms with E-state index in [0.29, 0.717) is 0 Å². The van der Waals surface area contributed by atoms with Crippen molar-refractivity contribution in [2.45, 2.75) is 19.4 Å². The average molecular weight is 118 g/mol. The minimum Gasteiger partial charge on any atom is -0.364 e. The first-order chi connectivity index (χ1) is 3.21. The summed E-state index contributed by atoms with van der Waals surface area (Å²) in [6.45, 7) is 4.24. The van der Waals surface area contributed by atoms with Crippen molar-refractivity contribution in [1.29, 1.82) is 0 Å². The van der Waals surface area contributed by atoms with E-state index in [4.69, 9.17) is 4.74 Å². The van der Waals surface area contributed by atoms with Crippen LogP contribution in [-0.4, -0.2) is 17.3 Å². The quantitative estimate of drug-likeness (QED) is 0.476. The molecule has 42 valence electrons.